The van der Waals surface area contributed by atoms with E-state index in [0.717, 1.165) is 24.1 Å². The van der Waals surface area contributed by atoms with Crippen molar-refractivity contribution in [1.82, 2.24) is 5.32 Å². The number of likely N-dealkylation sites (N-methyl/N-ethyl adjacent to an activating group) is 1. The van der Waals surface area contributed by atoms with Crippen LogP contribution in [0.1, 0.15) is 25.3 Å². The van der Waals surface area contributed by atoms with Crippen LogP contribution < -0.4 is 10.2 Å². The molecule has 1 spiro atoms. The Kier molecular flexibility index (Phi) is 3.77. The number of amides is 1. The number of carbonyl (C=O) groups is 2. The number of piperidine rings is 1. The van der Waals surface area contributed by atoms with Crippen molar-refractivity contribution >= 4 is 17.4 Å². The van der Waals surface area contributed by atoms with Crippen LogP contribution in [-0.4, -0.2) is 50.8 Å². The molecule has 0 unspecified atom stereocenters. The van der Waals surface area contributed by atoms with Crippen molar-refractivity contribution in [2.45, 2.75) is 43.6 Å². The van der Waals surface area contributed by atoms with Crippen molar-refractivity contribution in [2.24, 2.45) is 17.8 Å². The highest BCUT2D eigenvalue weighted by Gasteiger charge is 2.65. The SMILES string of the molecule is CO[C@H]1OC[C@@H]2[C@@H](C[C@@H]3N[C@H]2C[C@@]32C(=O)N(C)c3ccccc32)[C@H]1C(C)=O. The largest absolute Gasteiger partial charge is 0.355 e. The summed E-state index contributed by atoms with van der Waals surface area (Å²) >= 11 is 0. The van der Waals surface area contributed by atoms with Gasteiger partial charge in [0.2, 0.25) is 5.91 Å². The number of methoxy groups -OCH3 is 1. The Morgan fingerprint density at radius 3 is 2.85 bits per heavy atom. The van der Waals surface area contributed by atoms with Gasteiger partial charge >= 0.3 is 0 Å². The van der Waals surface area contributed by atoms with Gasteiger partial charge in [-0.25, -0.2) is 0 Å². The molecule has 1 N–H and O–H groups in total. The van der Waals surface area contributed by atoms with Gasteiger partial charge in [0.1, 0.15) is 5.78 Å². The van der Waals surface area contributed by atoms with Gasteiger partial charge in [-0.05, 0) is 37.3 Å². The number of nitrogens with zero attached hydrogens (tertiary/aromatic N) is 1. The number of ketones is 1. The fraction of sp³-hybridized carbons (Fsp3) is 0.619. The predicted molar refractivity (Wildman–Crippen MR) is 99.4 cm³/mol. The van der Waals surface area contributed by atoms with E-state index in [9.17, 15) is 9.59 Å². The smallest absolute Gasteiger partial charge is 0.239 e. The van der Waals surface area contributed by atoms with Crippen LogP contribution in [0.4, 0.5) is 5.69 Å². The first-order valence-electron chi connectivity index (χ1n) is 9.77. The first-order chi connectivity index (χ1) is 13.0. The maximum atomic E-state index is 13.4. The van der Waals surface area contributed by atoms with Crippen molar-refractivity contribution in [1.29, 1.82) is 0 Å². The van der Waals surface area contributed by atoms with Gasteiger partial charge in [0.25, 0.3) is 0 Å². The van der Waals surface area contributed by atoms with Crippen LogP contribution in [0.25, 0.3) is 0 Å². The van der Waals surface area contributed by atoms with Gasteiger partial charge in [0, 0.05) is 37.8 Å². The number of rotatable bonds is 2. The van der Waals surface area contributed by atoms with Gasteiger partial charge < -0.3 is 19.7 Å². The van der Waals surface area contributed by atoms with Gasteiger partial charge in [-0.1, -0.05) is 18.2 Å². The van der Waals surface area contributed by atoms with Crippen LogP contribution in [0.15, 0.2) is 24.3 Å². The molecule has 2 bridgehead atoms. The number of nitrogens with one attached hydrogen (secondary N) is 1. The first-order valence-corrected chi connectivity index (χ1v) is 9.77. The van der Waals surface area contributed by atoms with E-state index in [4.69, 9.17) is 9.47 Å². The summed E-state index contributed by atoms with van der Waals surface area (Å²) in [4.78, 5) is 27.7. The number of benzene rings is 1. The standard InChI is InChI=1S/C21H26N2O4/c1-11(24)18-12-8-17-21(9-15(22-17)13(12)10-27-19(18)26-3)14-6-4-5-7-16(14)23(2)20(21)25/h4-7,12-13,15,17-19,22H,8-10H2,1-3H3/t12-,13-,15+,17+,18-,19+,21+/m1/s1. The Labute approximate surface area is 159 Å². The van der Waals surface area contributed by atoms with Gasteiger partial charge in [-0.3, -0.25) is 9.59 Å². The number of carbonyl (C=O) groups excluding carboxylic acids is 2. The number of fused-ring (bicyclic) bond motifs is 7. The van der Waals surface area contributed by atoms with Crippen LogP contribution in [0, 0.1) is 17.8 Å². The van der Waals surface area contributed by atoms with Gasteiger partial charge in [-0.2, -0.15) is 0 Å². The van der Waals surface area contributed by atoms with Gasteiger partial charge in [0.05, 0.1) is 17.9 Å². The average Bonchev–Trinajstić information content (AvgIpc) is 3.10. The number of hydrogen-bond donors (Lipinski definition) is 1. The minimum atomic E-state index is -0.530. The number of hydrogen-bond acceptors (Lipinski definition) is 5. The number of anilines is 1. The van der Waals surface area contributed by atoms with Crippen LogP contribution in [0.5, 0.6) is 0 Å². The molecule has 4 aliphatic rings. The molecule has 6 nitrogen and oxygen atoms in total. The summed E-state index contributed by atoms with van der Waals surface area (Å²) in [6.07, 6.45) is 1.08. The lowest BCUT2D eigenvalue weighted by Crippen LogP contribution is -2.58. The molecule has 1 aromatic carbocycles. The molecular weight excluding hydrogens is 344 g/mol. The highest BCUT2D eigenvalue weighted by atomic mass is 16.7. The summed E-state index contributed by atoms with van der Waals surface area (Å²) < 4.78 is 11.4. The zero-order valence-corrected chi connectivity index (χ0v) is 16.0. The molecule has 4 heterocycles. The first kappa shape index (κ1) is 17.3. The van der Waals surface area contributed by atoms with Crippen LogP contribution >= 0.6 is 0 Å². The van der Waals surface area contributed by atoms with Crippen molar-refractivity contribution in [2.75, 3.05) is 25.7 Å². The van der Waals surface area contributed by atoms with E-state index in [1.807, 2.05) is 25.2 Å². The predicted octanol–water partition coefficient (Wildman–Crippen LogP) is 1.48. The second-order valence-corrected chi connectivity index (χ2v) is 8.52. The highest BCUT2D eigenvalue weighted by molar-refractivity contribution is 6.08. The molecule has 3 saturated heterocycles. The van der Waals surface area contributed by atoms with E-state index < -0.39 is 11.7 Å². The summed E-state index contributed by atoms with van der Waals surface area (Å²) in [7, 11) is 3.47. The van der Waals surface area contributed by atoms with Crippen molar-refractivity contribution in [3.05, 3.63) is 29.8 Å². The minimum Gasteiger partial charge on any atom is -0.355 e. The molecule has 0 aromatic heterocycles. The summed E-state index contributed by atoms with van der Waals surface area (Å²) in [6.45, 7) is 2.20. The summed E-state index contributed by atoms with van der Waals surface area (Å²) in [5.41, 5.74) is 1.60. The molecule has 144 valence electrons. The lowest BCUT2D eigenvalue weighted by atomic mass is 9.69. The number of ether oxygens (including phenoxy) is 2. The molecular formula is C21H26N2O4. The Morgan fingerprint density at radius 2 is 2.11 bits per heavy atom. The maximum Gasteiger partial charge on any atom is 0.239 e. The zero-order valence-electron chi connectivity index (χ0n) is 16.0. The van der Waals surface area contributed by atoms with E-state index >= 15 is 0 Å². The number of para-hydroxylation sites is 1. The summed E-state index contributed by atoms with van der Waals surface area (Å²) in [5, 5.41) is 3.73. The minimum absolute atomic E-state index is 0.0415. The van der Waals surface area contributed by atoms with E-state index in [1.54, 1.807) is 18.9 Å². The molecule has 0 saturated carbocycles. The van der Waals surface area contributed by atoms with E-state index in [-0.39, 0.29) is 41.5 Å². The molecule has 7 atom stereocenters. The molecule has 3 fully saturated rings. The van der Waals surface area contributed by atoms with Crippen LogP contribution in [0.2, 0.25) is 0 Å². The molecule has 1 aromatic rings. The normalized spacial score (nSPS) is 42.3. The molecule has 1 amide bonds. The van der Waals surface area contributed by atoms with Crippen LogP contribution in [0.3, 0.4) is 0 Å². The maximum absolute atomic E-state index is 13.4. The molecule has 5 rings (SSSR count). The Balaban J connectivity index is 1.57. The fourth-order valence-electron chi connectivity index (χ4n) is 6.31. The third kappa shape index (κ3) is 2.12. The quantitative estimate of drug-likeness (QED) is 0.854. The van der Waals surface area contributed by atoms with E-state index in [2.05, 4.69) is 11.4 Å². The zero-order chi connectivity index (χ0) is 18.9. The second-order valence-electron chi connectivity index (χ2n) is 8.52. The lowest BCUT2D eigenvalue weighted by Gasteiger charge is -2.47. The van der Waals surface area contributed by atoms with Crippen molar-refractivity contribution in [3.8, 4) is 0 Å². The lowest BCUT2D eigenvalue weighted by molar-refractivity contribution is -0.217. The molecule has 0 radical (unpaired) electrons. The fourth-order valence-corrected chi connectivity index (χ4v) is 6.31. The summed E-state index contributed by atoms with van der Waals surface area (Å²) in [5.74, 6) is 0.433. The Hall–Kier alpha value is -1.76. The Morgan fingerprint density at radius 1 is 1.33 bits per heavy atom. The third-order valence-corrected chi connectivity index (χ3v) is 7.47. The van der Waals surface area contributed by atoms with E-state index in [0.29, 0.717) is 6.61 Å². The summed E-state index contributed by atoms with van der Waals surface area (Å²) in [6, 6.07) is 8.35. The molecule has 4 aliphatic heterocycles. The highest BCUT2D eigenvalue weighted by Crippen LogP contribution is 2.56. The monoisotopic (exact) mass is 370 g/mol. The molecule has 27 heavy (non-hydrogen) atoms. The van der Waals surface area contributed by atoms with Gasteiger partial charge in [-0.15, -0.1) is 0 Å². The third-order valence-electron chi connectivity index (χ3n) is 7.47. The van der Waals surface area contributed by atoms with Crippen molar-refractivity contribution < 1.29 is 19.1 Å². The van der Waals surface area contributed by atoms with E-state index in [1.165, 1.54) is 0 Å². The molecule has 6 heteroatoms. The topological polar surface area (TPSA) is 67.9 Å². The molecule has 0 aliphatic carbocycles. The van der Waals surface area contributed by atoms with Crippen LogP contribution in [-0.2, 0) is 24.5 Å². The average molecular weight is 370 g/mol. The second kappa shape index (κ2) is 5.87. The van der Waals surface area contributed by atoms with Crippen molar-refractivity contribution in [3.63, 3.8) is 0 Å². The number of Topliss-reactive ketones (excluding diaryl/α,β-unsaturated/α-hetero) is 1. The Bertz CT molecular complexity index is 811. The van der Waals surface area contributed by atoms with Gasteiger partial charge in [0.15, 0.2) is 6.29 Å².